The SMILES string of the molecule is CCN1CCN(C(=O)COCc2ocnc2C(=O)OC)[C@@H](C)C1. The van der Waals surface area contributed by atoms with Gasteiger partial charge in [-0.05, 0) is 13.5 Å². The maximum Gasteiger partial charge on any atom is 0.360 e. The van der Waals surface area contributed by atoms with Gasteiger partial charge in [-0.25, -0.2) is 9.78 Å². The van der Waals surface area contributed by atoms with E-state index in [1.807, 2.05) is 11.8 Å². The van der Waals surface area contributed by atoms with Crippen LogP contribution in [0.2, 0.25) is 0 Å². The second-order valence-electron chi connectivity index (χ2n) is 5.44. The molecule has 1 amide bonds. The summed E-state index contributed by atoms with van der Waals surface area (Å²) in [6.45, 7) is 7.53. The molecule has 2 rings (SSSR count). The number of hydrogen-bond acceptors (Lipinski definition) is 7. The highest BCUT2D eigenvalue weighted by Crippen LogP contribution is 2.12. The molecular weight excluding hydrogens is 302 g/mol. The highest BCUT2D eigenvalue weighted by atomic mass is 16.5. The van der Waals surface area contributed by atoms with Gasteiger partial charge in [-0.15, -0.1) is 0 Å². The van der Waals surface area contributed by atoms with Crippen LogP contribution < -0.4 is 0 Å². The van der Waals surface area contributed by atoms with Crippen molar-refractivity contribution in [3.8, 4) is 0 Å². The number of carbonyl (C=O) groups is 2. The molecule has 8 nitrogen and oxygen atoms in total. The first kappa shape index (κ1) is 17.4. The molecule has 2 heterocycles. The summed E-state index contributed by atoms with van der Waals surface area (Å²) in [6.07, 6.45) is 1.15. The smallest absolute Gasteiger partial charge is 0.360 e. The zero-order chi connectivity index (χ0) is 16.8. The number of carbonyl (C=O) groups excluding carboxylic acids is 2. The van der Waals surface area contributed by atoms with E-state index in [0.29, 0.717) is 6.54 Å². The van der Waals surface area contributed by atoms with E-state index in [9.17, 15) is 9.59 Å². The van der Waals surface area contributed by atoms with Crippen LogP contribution in [-0.4, -0.2) is 72.6 Å². The molecule has 1 aliphatic rings. The number of nitrogens with zero attached hydrogens (tertiary/aromatic N) is 3. The minimum atomic E-state index is -0.590. The Bertz CT molecular complexity index is 545. The molecule has 8 heteroatoms. The predicted octanol–water partition coefficient (Wildman–Crippen LogP) is 0.530. The molecule has 0 unspecified atom stereocenters. The van der Waals surface area contributed by atoms with Gasteiger partial charge in [0.2, 0.25) is 5.91 Å². The Labute approximate surface area is 135 Å². The monoisotopic (exact) mass is 325 g/mol. The van der Waals surface area contributed by atoms with Gasteiger partial charge in [0.05, 0.1) is 7.11 Å². The van der Waals surface area contributed by atoms with Crippen molar-refractivity contribution in [3.63, 3.8) is 0 Å². The zero-order valence-corrected chi connectivity index (χ0v) is 13.8. The van der Waals surface area contributed by atoms with Gasteiger partial charge in [-0.3, -0.25) is 9.69 Å². The van der Waals surface area contributed by atoms with Gasteiger partial charge < -0.3 is 18.8 Å². The van der Waals surface area contributed by atoms with E-state index >= 15 is 0 Å². The van der Waals surface area contributed by atoms with Gasteiger partial charge in [0.1, 0.15) is 13.2 Å². The third-order valence-corrected chi connectivity index (χ3v) is 3.96. The van der Waals surface area contributed by atoms with Crippen LogP contribution in [0.25, 0.3) is 0 Å². The molecule has 23 heavy (non-hydrogen) atoms. The van der Waals surface area contributed by atoms with Crippen molar-refractivity contribution in [1.82, 2.24) is 14.8 Å². The molecule has 0 spiro atoms. The lowest BCUT2D eigenvalue weighted by Gasteiger charge is -2.39. The fourth-order valence-corrected chi connectivity index (χ4v) is 2.64. The Hall–Kier alpha value is -1.93. The summed E-state index contributed by atoms with van der Waals surface area (Å²) in [5.41, 5.74) is 0.0740. The van der Waals surface area contributed by atoms with Gasteiger partial charge in [0.15, 0.2) is 17.8 Å². The topological polar surface area (TPSA) is 85.1 Å². The first-order chi connectivity index (χ1) is 11.1. The lowest BCUT2D eigenvalue weighted by molar-refractivity contribution is -0.141. The van der Waals surface area contributed by atoms with Crippen LogP contribution in [0.5, 0.6) is 0 Å². The lowest BCUT2D eigenvalue weighted by atomic mass is 10.2. The van der Waals surface area contributed by atoms with E-state index in [1.165, 1.54) is 7.11 Å². The number of likely N-dealkylation sites (N-methyl/N-ethyl adjacent to an activating group) is 1. The van der Waals surface area contributed by atoms with E-state index < -0.39 is 5.97 Å². The van der Waals surface area contributed by atoms with Crippen LogP contribution >= 0.6 is 0 Å². The minimum absolute atomic E-state index is 0.000517. The number of rotatable bonds is 6. The van der Waals surface area contributed by atoms with Gasteiger partial charge in [-0.1, -0.05) is 6.92 Å². The second-order valence-corrected chi connectivity index (χ2v) is 5.44. The van der Waals surface area contributed by atoms with E-state index in [0.717, 1.165) is 26.0 Å². The first-order valence-corrected chi connectivity index (χ1v) is 7.67. The number of methoxy groups -OCH3 is 1. The molecule has 1 aromatic heterocycles. The van der Waals surface area contributed by atoms with Gasteiger partial charge in [0.25, 0.3) is 0 Å². The van der Waals surface area contributed by atoms with Crippen LogP contribution in [0.1, 0.15) is 30.1 Å². The summed E-state index contributed by atoms with van der Waals surface area (Å²) in [5.74, 6) is -0.395. The normalized spacial score (nSPS) is 18.9. The molecule has 0 radical (unpaired) electrons. The van der Waals surface area contributed by atoms with E-state index in [4.69, 9.17) is 9.15 Å². The Kier molecular flexibility index (Phi) is 6.12. The summed E-state index contributed by atoms with van der Waals surface area (Å²) < 4.78 is 15.1. The number of oxazole rings is 1. The quantitative estimate of drug-likeness (QED) is 0.705. The molecule has 0 aromatic carbocycles. The van der Waals surface area contributed by atoms with Gasteiger partial charge in [0, 0.05) is 25.7 Å². The summed E-state index contributed by atoms with van der Waals surface area (Å²) in [7, 11) is 1.27. The summed E-state index contributed by atoms with van der Waals surface area (Å²) in [6, 6.07) is 0.163. The molecule has 0 saturated carbocycles. The van der Waals surface area contributed by atoms with Crippen molar-refractivity contribution < 1.29 is 23.5 Å². The number of esters is 1. The predicted molar refractivity (Wildman–Crippen MR) is 80.8 cm³/mol. The van der Waals surface area contributed by atoms with Crippen LogP contribution in [0.3, 0.4) is 0 Å². The average molecular weight is 325 g/mol. The molecule has 1 saturated heterocycles. The fraction of sp³-hybridized carbons (Fsp3) is 0.667. The van der Waals surface area contributed by atoms with E-state index in [2.05, 4.69) is 21.5 Å². The fourth-order valence-electron chi connectivity index (χ4n) is 2.64. The molecule has 1 atom stereocenters. The minimum Gasteiger partial charge on any atom is -0.464 e. The van der Waals surface area contributed by atoms with E-state index in [-0.39, 0.29) is 36.6 Å². The molecular formula is C15H23N3O5. The standard InChI is InChI=1S/C15H23N3O5/c1-4-17-5-6-18(11(2)7-17)13(19)9-22-8-12-14(15(20)21-3)16-10-23-12/h10-11H,4-9H2,1-3H3/t11-/m0/s1. The second kappa shape index (κ2) is 8.07. The maximum absolute atomic E-state index is 12.3. The average Bonchev–Trinajstić information content (AvgIpc) is 3.02. The van der Waals surface area contributed by atoms with Crippen molar-refractivity contribution in [3.05, 3.63) is 17.8 Å². The Morgan fingerprint density at radius 2 is 2.22 bits per heavy atom. The maximum atomic E-state index is 12.3. The van der Waals surface area contributed by atoms with E-state index in [1.54, 1.807) is 0 Å². The number of aromatic nitrogens is 1. The highest BCUT2D eigenvalue weighted by Gasteiger charge is 2.26. The summed E-state index contributed by atoms with van der Waals surface area (Å²) in [4.78, 5) is 31.6. The third-order valence-electron chi connectivity index (χ3n) is 3.96. The van der Waals surface area contributed by atoms with Crippen LogP contribution in [0.15, 0.2) is 10.8 Å². The molecule has 0 bridgehead atoms. The first-order valence-electron chi connectivity index (χ1n) is 7.67. The zero-order valence-electron chi connectivity index (χ0n) is 13.8. The number of hydrogen-bond donors (Lipinski definition) is 0. The summed E-state index contributed by atoms with van der Waals surface area (Å²) in [5, 5.41) is 0. The Morgan fingerprint density at radius 3 is 2.87 bits per heavy atom. The molecule has 1 fully saturated rings. The number of piperazine rings is 1. The van der Waals surface area contributed by atoms with Gasteiger partial charge >= 0.3 is 5.97 Å². The van der Waals surface area contributed by atoms with Crippen LogP contribution in [0, 0.1) is 0 Å². The van der Waals surface area contributed by atoms with Crippen molar-refractivity contribution >= 4 is 11.9 Å². The Balaban J connectivity index is 1.81. The van der Waals surface area contributed by atoms with Gasteiger partial charge in [-0.2, -0.15) is 0 Å². The molecule has 1 aromatic rings. The molecule has 0 aliphatic carbocycles. The summed E-state index contributed by atoms with van der Waals surface area (Å²) >= 11 is 0. The van der Waals surface area contributed by atoms with Crippen molar-refractivity contribution in [2.75, 3.05) is 39.9 Å². The molecule has 128 valence electrons. The molecule has 0 N–H and O–H groups in total. The highest BCUT2D eigenvalue weighted by molar-refractivity contribution is 5.88. The number of amides is 1. The lowest BCUT2D eigenvalue weighted by Crippen LogP contribution is -2.54. The Morgan fingerprint density at radius 1 is 1.43 bits per heavy atom. The molecule has 1 aliphatic heterocycles. The van der Waals surface area contributed by atoms with Crippen LogP contribution in [0.4, 0.5) is 0 Å². The van der Waals surface area contributed by atoms with Crippen molar-refractivity contribution in [1.29, 1.82) is 0 Å². The van der Waals surface area contributed by atoms with Crippen LogP contribution in [-0.2, 0) is 20.9 Å². The third kappa shape index (κ3) is 4.29. The van der Waals surface area contributed by atoms with Crippen molar-refractivity contribution in [2.45, 2.75) is 26.5 Å². The largest absolute Gasteiger partial charge is 0.464 e. The number of ether oxygens (including phenoxy) is 2. The van der Waals surface area contributed by atoms with Crippen molar-refractivity contribution in [2.24, 2.45) is 0 Å².